The van der Waals surface area contributed by atoms with Crippen LogP contribution in [0.25, 0.3) is 11.3 Å². The predicted molar refractivity (Wildman–Crippen MR) is 64.6 cm³/mol. The third-order valence-corrected chi connectivity index (χ3v) is 2.72. The lowest BCUT2D eigenvalue weighted by Gasteiger charge is -2.06. The van der Waals surface area contributed by atoms with Crippen molar-refractivity contribution in [3.05, 3.63) is 51.3 Å². The van der Waals surface area contributed by atoms with Gasteiger partial charge in [0.05, 0.1) is 12.0 Å². The number of H-pyrrole nitrogens is 1. The predicted octanol–water partition coefficient (Wildman–Crippen LogP) is 2.79. The Morgan fingerprint density at radius 1 is 1.47 bits per heavy atom. The smallest absolute Gasteiger partial charge is 0.254 e. The van der Waals surface area contributed by atoms with Crippen LogP contribution in [-0.4, -0.2) is 9.97 Å². The van der Waals surface area contributed by atoms with E-state index >= 15 is 0 Å². The van der Waals surface area contributed by atoms with Crippen LogP contribution in [0.5, 0.6) is 0 Å². The number of hydrogen-bond acceptors (Lipinski definition) is 2. The van der Waals surface area contributed by atoms with Crippen LogP contribution in [0.2, 0.25) is 5.02 Å². The van der Waals surface area contributed by atoms with Gasteiger partial charge in [-0.05, 0) is 24.6 Å². The highest BCUT2D eigenvalue weighted by molar-refractivity contribution is 6.30. The molecule has 0 aliphatic rings. The number of aromatic nitrogens is 2. The topological polar surface area (TPSA) is 45.8 Å². The quantitative estimate of drug-likeness (QED) is 0.893. The van der Waals surface area contributed by atoms with Crippen LogP contribution in [0.1, 0.15) is 12.5 Å². The highest BCUT2D eigenvalue weighted by atomic mass is 35.5. The minimum Gasteiger partial charge on any atom is -0.313 e. The lowest BCUT2D eigenvalue weighted by molar-refractivity contribution is 0.630. The zero-order valence-electron chi connectivity index (χ0n) is 9.13. The summed E-state index contributed by atoms with van der Waals surface area (Å²) in [6.45, 7) is 1.82. The molecule has 0 saturated carbocycles. The van der Waals surface area contributed by atoms with Gasteiger partial charge in [-0.3, -0.25) is 4.79 Å². The summed E-state index contributed by atoms with van der Waals surface area (Å²) in [5.74, 6) is -0.481. The van der Waals surface area contributed by atoms with E-state index in [-0.39, 0.29) is 11.1 Å². The normalized spacial score (nSPS) is 10.5. The van der Waals surface area contributed by atoms with Crippen molar-refractivity contribution in [2.45, 2.75) is 13.3 Å². The van der Waals surface area contributed by atoms with Crippen LogP contribution in [0, 0.1) is 5.82 Å². The molecule has 0 unspecified atom stereocenters. The molecule has 88 valence electrons. The van der Waals surface area contributed by atoms with Crippen LogP contribution in [-0.2, 0) is 6.42 Å². The standard InChI is InChI=1S/C12H10ClFN2O/c1-2-8-11(15-6-16-12(8)17)9-4-3-7(13)5-10(9)14/h3-6H,2H2,1H3,(H,15,16,17). The Kier molecular flexibility index (Phi) is 3.24. The Bertz CT molecular complexity index is 610. The van der Waals surface area contributed by atoms with Gasteiger partial charge in [0.2, 0.25) is 0 Å². The van der Waals surface area contributed by atoms with E-state index in [1.807, 2.05) is 6.92 Å². The van der Waals surface area contributed by atoms with Crippen molar-refractivity contribution in [3.63, 3.8) is 0 Å². The Balaban J connectivity index is 2.68. The number of halogens is 2. The minimum atomic E-state index is -0.481. The monoisotopic (exact) mass is 252 g/mol. The van der Waals surface area contributed by atoms with Crippen molar-refractivity contribution in [1.29, 1.82) is 0 Å². The van der Waals surface area contributed by atoms with Gasteiger partial charge in [0, 0.05) is 16.1 Å². The summed E-state index contributed by atoms with van der Waals surface area (Å²) in [4.78, 5) is 18.1. The SMILES string of the molecule is CCc1c(-c2ccc(Cl)cc2F)nc[nH]c1=O. The van der Waals surface area contributed by atoms with Gasteiger partial charge in [-0.15, -0.1) is 0 Å². The molecule has 0 aliphatic carbocycles. The highest BCUT2D eigenvalue weighted by Gasteiger charge is 2.13. The number of aromatic amines is 1. The van der Waals surface area contributed by atoms with Crippen molar-refractivity contribution >= 4 is 11.6 Å². The van der Waals surface area contributed by atoms with E-state index in [4.69, 9.17) is 11.6 Å². The molecule has 17 heavy (non-hydrogen) atoms. The molecule has 0 atom stereocenters. The Labute approximate surface area is 102 Å². The van der Waals surface area contributed by atoms with Gasteiger partial charge < -0.3 is 4.98 Å². The first-order valence-corrected chi connectivity index (χ1v) is 5.53. The summed E-state index contributed by atoms with van der Waals surface area (Å²) in [6, 6.07) is 4.31. The van der Waals surface area contributed by atoms with Crippen LogP contribution >= 0.6 is 11.6 Å². The molecule has 1 heterocycles. The summed E-state index contributed by atoms with van der Waals surface area (Å²) in [6.07, 6.45) is 1.76. The first kappa shape index (κ1) is 11.8. The summed E-state index contributed by atoms with van der Waals surface area (Å²) < 4.78 is 13.7. The molecule has 0 bridgehead atoms. The summed E-state index contributed by atoms with van der Waals surface area (Å²) in [7, 11) is 0. The van der Waals surface area contributed by atoms with Gasteiger partial charge >= 0.3 is 0 Å². The molecule has 0 saturated heterocycles. The second-order valence-electron chi connectivity index (χ2n) is 3.54. The molecule has 1 aromatic heterocycles. The molecule has 0 fully saturated rings. The average Bonchev–Trinajstić information content (AvgIpc) is 2.29. The van der Waals surface area contributed by atoms with Gasteiger partial charge in [0.25, 0.3) is 5.56 Å². The molecule has 3 nitrogen and oxygen atoms in total. The van der Waals surface area contributed by atoms with Crippen molar-refractivity contribution in [3.8, 4) is 11.3 Å². The molecule has 0 spiro atoms. The van der Waals surface area contributed by atoms with Gasteiger partial charge in [0.15, 0.2) is 0 Å². The molecule has 1 aromatic carbocycles. The Morgan fingerprint density at radius 2 is 2.24 bits per heavy atom. The molecule has 0 radical (unpaired) electrons. The van der Waals surface area contributed by atoms with Gasteiger partial charge in [-0.1, -0.05) is 18.5 Å². The van der Waals surface area contributed by atoms with E-state index < -0.39 is 5.82 Å². The summed E-state index contributed by atoms with van der Waals surface area (Å²) >= 11 is 5.68. The first-order chi connectivity index (χ1) is 8.13. The molecule has 5 heteroatoms. The second-order valence-corrected chi connectivity index (χ2v) is 3.97. The maximum atomic E-state index is 13.7. The second kappa shape index (κ2) is 4.67. The number of rotatable bonds is 2. The lowest BCUT2D eigenvalue weighted by atomic mass is 10.0. The molecular weight excluding hydrogens is 243 g/mol. The zero-order chi connectivity index (χ0) is 12.4. The van der Waals surface area contributed by atoms with Crippen molar-refractivity contribution in [2.75, 3.05) is 0 Å². The van der Waals surface area contributed by atoms with E-state index in [1.54, 1.807) is 6.07 Å². The number of hydrogen-bond donors (Lipinski definition) is 1. The van der Waals surface area contributed by atoms with E-state index in [2.05, 4.69) is 9.97 Å². The number of benzene rings is 1. The summed E-state index contributed by atoms with van der Waals surface area (Å²) in [5.41, 5.74) is 0.878. The fourth-order valence-electron chi connectivity index (χ4n) is 1.67. The Morgan fingerprint density at radius 3 is 2.88 bits per heavy atom. The van der Waals surface area contributed by atoms with E-state index in [0.717, 1.165) is 0 Å². The van der Waals surface area contributed by atoms with E-state index in [0.29, 0.717) is 22.7 Å². The van der Waals surface area contributed by atoms with Gasteiger partial charge in [0.1, 0.15) is 5.82 Å². The van der Waals surface area contributed by atoms with Crippen molar-refractivity contribution in [2.24, 2.45) is 0 Å². The minimum absolute atomic E-state index is 0.244. The van der Waals surface area contributed by atoms with E-state index in [1.165, 1.54) is 18.5 Å². The Hall–Kier alpha value is -1.68. The maximum absolute atomic E-state index is 13.7. The fourth-order valence-corrected chi connectivity index (χ4v) is 1.83. The molecule has 2 rings (SSSR count). The molecule has 0 amide bonds. The maximum Gasteiger partial charge on any atom is 0.254 e. The van der Waals surface area contributed by atoms with Crippen LogP contribution < -0.4 is 5.56 Å². The molecule has 1 N–H and O–H groups in total. The van der Waals surface area contributed by atoms with Crippen molar-refractivity contribution < 1.29 is 4.39 Å². The van der Waals surface area contributed by atoms with Crippen LogP contribution in [0.15, 0.2) is 29.3 Å². The van der Waals surface area contributed by atoms with Gasteiger partial charge in [-0.2, -0.15) is 0 Å². The zero-order valence-corrected chi connectivity index (χ0v) is 9.88. The third kappa shape index (κ3) is 2.22. The van der Waals surface area contributed by atoms with E-state index in [9.17, 15) is 9.18 Å². The molecular formula is C12H10ClFN2O. The third-order valence-electron chi connectivity index (χ3n) is 2.49. The fraction of sp³-hybridized carbons (Fsp3) is 0.167. The largest absolute Gasteiger partial charge is 0.313 e. The number of nitrogens with one attached hydrogen (secondary N) is 1. The average molecular weight is 253 g/mol. The highest BCUT2D eigenvalue weighted by Crippen LogP contribution is 2.25. The van der Waals surface area contributed by atoms with Crippen LogP contribution in [0.4, 0.5) is 4.39 Å². The van der Waals surface area contributed by atoms with Crippen molar-refractivity contribution in [1.82, 2.24) is 9.97 Å². The molecule has 0 aliphatic heterocycles. The van der Waals surface area contributed by atoms with Gasteiger partial charge in [-0.25, -0.2) is 9.37 Å². The summed E-state index contributed by atoms with van der Waals surface area (Å²) in [5, 5.41) is 0.314. The van der Waals surface area contributed by atoms with Crippen LogP contribution in [0.3, 0.4) is 0 Å². The molecule has 2 aromatic rings. The lowest BCUT2D eigenvalue weighted by Crippen LogP contribution is -2.14. The number of nitrogens with zero attached hydrogens (tertiary/aromatic N) is 1. The first-order valence-electron chi connectivity index (χ1n) is 5.15.